The lowest BCUT2D eigenvalue weighted by molar-refractivity contribution is 0.168. The van der Waals surface area contributed by atoms with Crippen molar-refractivity contribution in [2.24, 2.45) is 0 Å². The number of rotatable bonds is 3. The molecular formula is C8H11N5O3S. The number of aromatic nitrogens is 4. The Morgan fingerprint density at radius 2 is 2.24 bits per heavy atom. The van der Waals surface area contributed by atoms with Crippen molar-refractivity contribution in [1.82, 2.24) is 20.2 Å². The molecule has 1 unspecified atom stereocenters. The fourth-order valence-corrected chi connectivity index (χ4v) is 1.63. The number of ether oxygens (including phenoxy) is 1. The van der Waals surface area contributed by atoms with Crippen LogP contribution in [0.3, 0.4) is 0 Å². The van der Waals surface area contributed by atoms with Crippen molar-refractivity contribution in [3.63, 3.8) is 0 Å². The van der Waals surface area contributed by atoms with Crippen molar-refractivity contribution < 1.29 is 13.7 Å². The molecule has 2 rings (SSSR count). The second-order valence-corrected chi connectivity index (χ2v) is 4.40. The first-order valence-corrected chi connectivity index (χ1v) is 6.39. The van der Waals surface area contributed by atoms with E-state index in [9.17, 15) is 9.00 Å². The van der Waals surface area contributed by atoms with E-state index in [1.54, 1.807) is 6.92 Å². The molecule has 0 saturated carbocycles. The van der Waals surface area contributed by atoms with Crippen molar-refractivity contribution in [3.8, 4) is 0 Å². The number of amides is 1. The van der Waals surface area contributed by atoms with E-state index in [-0.39, 0.29) is 17.6 Å². The Balaban J connectivity index is 2.32. The lowest BCUT2D eigenvalue weighted by Crippen LogP contribution is -2.17. The molecule has 2 heterocycles. The van der Waals surface area contributed by atoms with Gasteiger partial charge in [-0.05, 0) is 6.92 Å². The number of H-pyrrole nitrogens is 2. The second-order valence-electron chi connectivity index (χ2n) is 3.13. The van der Waals surface area contributed by atoms with Crippen molar-refractivity contribution in [3.05, 3.63) is 0 Å². The molecule has 0 aliphatic heterocycles. The molecule has 8 nitrogen and oxygen atoms in total. The number of fused-ring (bicyclic) bond motifs is 1. The van der Waals surface area contributed by atoms with Gasteiger partial charge in [0.1, 0.15) is 5.52 Å². The summed E-state index contributed by atoms with van der Waals surface area (Å²) in [6.45, 7) is 1.96. The van der Waals surface area contributed by atoms with Crippen LogP contribution in [0, 0.1) is 0 Å². The molecular weight excluding hydrogens is 246 g/mol. The molecule has 1 amide bonds. The molecule has 0 aromatic carbocycles. The number of nitrogens with one attached hydrogen (secondary N) is 3. The first-order valence-electron chi connectivity index (χ1n) is 4.83. The van der Waals surface area contributed by atoms with Crippen molar-refractivity contribution in [2.45, 2.75) is 12.1 Å². The van der Waals surface area contributed by atoms with Crippen molar-refractivity contribution in [2.75, 3.05) is 18.2 Å². The third-order valence-corrected chi connectivity index (χ3v) is 2.64. The van der Waals surface area contributed by atoms with Crippen LogP contribution in [0.15, 0.2) is 5.16 Å². The summed E-state index contributed by atoms with van der Waals surface area (Å²) in [4.78, 5) is 19.2. The summed E-state index contributed by atoms with van der Waals surface area (Å²) in [7, 11) is -1.32. The highest BCUT2D eigenvalue weighted by Crippen LogP contribution is 2.18. The van der Waals surface area contributed by atoms with Crippen molar-refractivity contribution in [1.29, 1.82) is 0 Å². The van der Waals surface area contributed by atoms with Gasteiger partial charge in [0.15, 0.2) is 11.5 Å². The maximum absolute atomic E-state index is 11.3. The summed E-state index contributed by atoms with van der Waals surface area (Å²) in [5.74, 6) is 0.248. The number of hydrogen-bond acceptors (Lipinski definition) is 5. The number of aromatic amines is 2. The van der Waals surface area contributed by atoms with E-state index >= 15 is 0 Å². The van der Waals surface area contributed by atoms with Crippen LogP contribution in [0.1, 0.15) is 6.92 Å². The molecule has 0 fully saturated rings. The minimum absolute atomic E-state index is 0.143. The molecule has 2 aromatic heterocycles. The largest absolute Gasteiger partial charge is 0.450 e. The third-order valence-electron chi connectivity index (χ3n) is 1.95. The van der Waals surface area contributed by atoms with E-state index in [4.69, 9.17) is 4.74 Å². The Kier molecular flexibility index (Phi) is 3.09. The standard InChI is InChI=1S/C8H11N5O3S/c1-3-16-8(14)11-5-4-6(13-12-4)10-7(9-5)17(2)15/h12H,3H2,1-2H3,(H2,9,10,11,13,14). The highest BCUT2D eigenvalue weighted by Gasteiger charge is 2.15. The fraction of sp³-hybridized carbons (Fsp3) is 0.375. The monoisotopic (exact) mass is 257 g/mol. The molecule has 0 spiro atoms. The van der Waals surface area contributed by atoms with Crippen LogP contribution in [-0.4, -0.2) is 43.3 Å². The first kappa shape index (κ1) is 11.6. The quantitative estimate of drug-likeness (QED) is 0.696. The normalized spacial score (nSPS) is 12.6. The van der Waals surface area contributed by atoms with E-state index < -0.39 is 16.9 Å². The molecule has 0 aliphatic carbocycles. The fourth-order valence-electron chi connectivity index (χ4n) is 1.19. The summed E-state index contributed by atoms with van der Waals surface area (Å²) in [6, 6.07) is 0. The molecule has 0 bridgehead atoms. The van der Waals surface area contributed by atoms with E-state index in [1.807, 2.05) is 0 Å². The van der Waals surface area contributed by atoms with Gasteiger partial charge in [0.05, 0.1) is 17.4 Å². The average molecular weight is 257 g/mol. The SMILES string of the molecule is CCOC(=O)Nc1nc(S(C)=O)nc2[nH][nH]c12. The molecule has 1 atom stereocenters. The third kappa shape index (κ3) is 2.28. The van der Waals surface area contributed by atoms with Crippen LogP contribution >= 0.6 is 0 Å². The summed E-state index contributed by atoms with van der Waals surface area (Å²) in [6.07, 6.45) is 0.844. The zero-order chi connectivity index (χ0) is 12.4. The van der Waals surface area contributed by atoms with Gasteiger partial charge >= 0.3 is 6.09 Å². The molecule has 3 N–H and O–H groups in total. The molecule has 0 aliphatic rings. The van der Waals surface area contributed by atoms with Gasteiger partial charge in [0.2, 0.25) is 5.16 Å². The van der Waals surface area contributed by atoms with E-state index in [2.05, 4.69) is 25.5 Å². The molecule has 9 heteroatoms. The Hall–Kier alpha value is -1.90. The van der Waals surface area contributed by atoms with Crippen LogP contribution in [0.25, 0.3) is 11.2 Å². The van der Waals surface area contributed by atoms with Crippen LogP contribution < -0.4 is 5.32 Å². The van der Waals surface area contributed by atoms with Gasteiger partial charge in [-0.15, -0.1) is 0 Å². The summed E-state index contributed by atoms with van der Waals surface area (Å²) < 4.78 is 16.0. The van der Waals surface area contributed by atoms with Gasteiger partial charge in [-0.25, -0.2) is 9.78 Å². The smallest absolute Gasteiger partial charge is 0.412 e. The van der Waals surface area contributed by atoms with Gasteiger partial charge in [-0.2, -0.15) is 4.98 Å². The summed E-state index contributed by atoms with van der Waals surface area (Å²) in [5, 5.41) is 8.02. The van der Waals surface area contributed by atoms with Gasteiger partial charge in [-0.1, -0.05) is 0 Å². The number of nitrogens with zero attached hydrogens (tertiary/aromatic N) is 2. The Labute approximate surface area is 98.6 Å². The number of carbonyl (C=O) groups excluding carboxylic acids is 1. The highest BCUT2D eigenvalue weighted by molar-refractivity contribution is 7.84. The van der Waals surface area contributed by atoms with Gasteiger partial charge in [0, 0.05) is 6.26 Å². The lowest BCUT2D eigenvalue weighted by atomic mass is 10.4. The van der Waals surface area contributed by atoms with Crippen LogP contribution in [-0.2, 0) is 15.5 Å². The Morgan fingerprint density at radius 3 is 2.76 bits per heavy atom. The zero-order valence-electron chi connectivity index (χ0n) is 9.23. The number of anilines is 1. The molecule has 0 radical (unpaired) electrons. The van der Waals surface area contributed by atoms with Gasteiger partial charge < -0.3 is 4.74 Å². The predicted octanol–water partition coefficient (Wildman–Crippen LogP) is 0.592. The lowest BCUT2D eigenvalue weighted by Gasteiger charge is -2.10. The van der Waals surface area contributed by atoms with Crippen LogP contribution in [0.2, 0.25) is 0 Å². The van der Waals surface area contributed by atoms with Crippen LogP contribution in [0.5, 0.6) is 0 Å². The van der Waals surface area contributed by atoms with E-state index in [0.29, 0.717) is 11.2 Å². The predicted molar refractivity (Wildman–Crippen MR) is 61.2 cm³/mol. The van der Waals surface area contributed by atoms with Gasteiger partial charge in [-0.3, -0.25) is 19.7 Å². The molecule has 2 aromatic rings. The Morgan fingerprint density at radius 1 is 1.47 bits per heavy atom. The topological polar surface area (TPSA) is 113 Å². The first-order chi connectivity index (χ1) is 8.11. The second kappa shape index (κ2) is 4.53. The van der Waals surface area contributed by atoms with Crippen LogP contribution in [0.4, 0.5) is 10.6 Å². The number of carbonyl (C=O) groups is 1. The summed E-state index contributed by atoms with van der Waals surface area (Å²) >= 11 is 0. The molecule has 0 saturated heterocycles. The van der Waals surface area contributed by atoms with Crippen molar-refractivity contribution >= 4 is 33.9 Å². The van der Waals surface area contributed by atoms with E-state index in [1.165, 1.54) is 6.26 Å². The maximum Gasteiger partial charge on any atom is 0.412 e. The van der Waals surface area contributed by atoms with E-state index in [0.717, 1.165) is 0 Å². The minimum atomic E-state index is -1.32. The number of hydrogen-bond donors (Lipinski definition) is 3. The average Bonchev–Trinajstić information content (AvgIpc) is 2.20. The molecule has 92 valence electrons. The highest BCUT2D eigenvalue weighted by atomic mass is 32.2. The van der Waals surface area contributed by atoms with Gasteiger partial charge in [0.25, 0.3) is 0 Å². The maximum atomic E-state index is 11.3. The zero-order valence-corrected chi connectivity index (χ0v) is 10.1. The Bertz CT molecular complexity index is 575. The minimum Gasteiger partial charge on any atom is -0.450 e. The molecule has 17 heavy (non-hydrogen) atoms. The summed E-state index contributed by atoms with van der Waals surface area (Å²) in [5.41, 5.74) is 1.05.